The van der Waals surface area contributed by atoms with Gasteiger partial charge in [-0.15, -0.1) is 0 Å². The minimum atomic E-state index is -0.0194. The van der Waals surface area contributed by atoms with E-state index in [1.54, 1.807) is 0 Å². The lowest BCUT2D eigenvalue weighted by atomic mass is 9.94. The molecule has 2 unspecified atom stereocenters. The van der Waals surface area contributed by atoms with Gasteiger partial charge in [0.1, 0.15) is 0 Å². The molecule has 1 aromatic rings. The maximum absolute atomic E-state index is 12.9. The van der Waals surface area contributed by atoms with Crippen molar-refractivity contribution in [1.29, 1.82) is 0 Å². The number of hydrogen-bond acceptors (Lipinski definition) is 4. The van der Waals surface area contributed by atoms with Crippen LogP contribution in [0.15, 0.2) is 24.3 Å². The molecule has 168 valence electrons. The topological polar surface area (TPSA) is 70.2 Å². The zero-order chi connectivity index (χ0) is 22.0. The average Bonchev–Trinajstić information content (AvgIpc) is 2.78. The van der Waals surface area contributed by atoms with Crippen LogP contribution in [0.4, 0.5) is 5.69 Å². The third-order valence-corrected chi connectivity index (χ3v) is 6.61. The molecule has 0 aromatic heterocycles. The van der Waals surface area contributed by atoms with Gasteiger partial charge in [0.15, 0.2) is 0 Å². The molecule has 0 N–H and O–H groups in total. The number of anilines is 1. The van der Waals surface area contributed by atoms with E-state index in [4.69, 9.17) is 4.74 Å². The number of ether oxygens (including phenoxy) is 1. The zero-order valence-electron chi connectivity index (χ0n) is 18.6. The molecule has 3 fully saturated rings. The molecular weight excluding hydrogens is 394 g/mol. The molecule has 1 aromatic carbocycles. The maximum atomic E-state index is 12.9. The van der Waals surface area contributed by atoms with Gasteiger partial charge in [-0.25, -0.2) is 0 Å². The summed E-state index contributed by atoms with van der Waals surface area (Å²) in [7, 11) is 0. The Morgan fingerprint density at radius 2 is 1.55 bits per heavy atom. The van der Waals surface area contributed by atoms with Crippen LogP contribution in [-0.2, 0) is 14.3 Å². The number of likely N-dealkylation sites (tertiary alicyclic amines) is 1. The Bertz CT molecular complexity index is 807. The number of hydrogen-bond donors (Lipinski definition) is 0. The first-order valence-electron chi connectivity index (χ1n) is 11.6. The van der Waals surface area contributed by atoms with Gasteiger partial charge >= 0.3 is 0 Å². The molecule has 3 heterocycles. The van der Waals surface area contributed by atoms with E-state index in [0.29, 0.717) is 51.0 Å². The maximum Gasteiger partial charge on any atom is 0.253 e. The van der Waals surface area contributed by atoms with Crippen molar-refractivity contribution in [3.63, 3.8) is 0 Å². The molecule has 2 atom stereocenters. The van der Waals surface area contributed by atoms with Gasteiger partial charge in [-0.1, -0.05) is 0 Å². The van der Waals surface area contributed by atoms with E-state index in [1.807, 2.05) is 52.8 Å². The first kappa shape index (κ1) is 21.8. The molecule has 3 saturated heterocycles. The molecule has 0 spiro atoms. The number of benzene rings is 1. The monoisotopic (exact) mass is 427 g/mol. The first-order chi connectivity index (χ1) is 14.9. The summed E-state index contributed by atoms with van der Waals surface area (Å²) >= 11 is 0. The predicted molar refractivity (Wildman–Crippen MR) is 118 cm³/mol. The second-order valence-electron chi connectivity index (χ2n) is 9.12. The van der Waals surface area contributed by atoms with Crippen LogP contribution in [0.25, 0.3) is 0 Å². The number of nitrogens with zero attached hydrogens (tertiary/aromatic N) is 3. The Morgan fingerprint density at radius 1 is 0.903 bits per heavy atom. The summed E-state index contributed by atoms with van der Waals surface area (Å²) in [5.41, 5.74) is 1.49. The highest BCUT2D eigenvalue weighted by molar-refractivity contribution is 5.97. The van der Waals surface area contributed by atoms with Crippen molar-refractivity contribution < 1.29 is 19.1 Å². The van der Waals surface area contributed by atoms with E-state index in [0.717, 1.165) is 25.1 Å². The fraction of sp³-hybridized carbons (Fsp3) is 0.625. The third kappa shape index (κ3) is 4.92. The quantitative estimate of drug-likeness (QED) is 0.744. The lowest BCUT2D eigenvalue weighted by molar-refractivity contribution is -0.148. The molecule has 0 aliphatic carbocycles. The van der Waals surface area contributed by atoms with Crippen LogP contribution in [0, 0.1) is 5.92 Å². The Balaban J connectivity index is 1.32. The summed E-state index contributed by atoms with van der Waals surface area (Å²) in [5, 5.41) is 0. The van der Waals surface area contributed by atoms with Crippen LogP contribution in [0.2, 0.25) is 0 Å². The number of carbonyl (C=O) groups excluding carboxylic acids is 3. The number of piperidine rings is 2. The van der Waals surface area contributed by atoms with E-state index in [-0.39, 0.29) is 35.8 Å². The van der Waals surface area contributed by atoms with E-state index in [2.05, 4.69) is 0 Å². The van der Waals surface area contributed by atoms with E-state index in [1.165, 1.54) is 0 Å². The lowest BCUT2D eigenvalue weighted by Crippen LogP contribution is -2.51. The zero-order valence-corrected chi connectivity index (χ0v) is 18.6. The third-order valence-electron chi connectivity index (χ3n) is 6.61. The van der Waals surface area contributed by atoms with Gasteiger partial charge in [-0.2, -0.15) is 0 Å². The molecule has 0 bridgehead atoms. The van der Waals surface area contributed by atoms with Crippen molar-refractivity contribution in [3.05, 3.63) is 29.8 Å². The van der Waals surface area contributed by atoms with Crippen LogP contribution in [-0.4, -0.2) is 72.5 Å². The summed E-state index contributed by atoms with van der Waals surface area (Å²) in [6.45, 7) is 7.23. The highest BCUT2D eigenvalue weighted by atomic mass is 16.5. The van der Waals surface area contributed by atoms with Gasteiger partial charge in [0.05, 0.1) is 12.2 Å². The fourth-order valence-corrected chi connectivity index (χ4v) is 4.99. The Kier molecular flexibility index (Phi) is 6.60. The summed E-state index contributed by atoms with van der Waals surface area (Å²) in [6, 6.07) is 7.36. The Hall–Kier alpha value is -2.41. The molecule has 7 nitrogen and oxygen atoms in total. The van der Waals surface area contributed by atoms with E-state index < -0.39 is 0 Å². The van der Waals surface area contributed by atoms with Gasteiger partial charge in [0.25, 0.3) is 5.91 Å². The molecule has 3 amide bonds. The number of carbonyl (C=O) groups is 3. The fourth-order valence-electron chi connectivity index (χ4n) is 4.99. The van der Waals surface area contributed by atoms with Crippen LogP contribution in [0.1, 0.15) is 56.3 Å². The largest absolute Gasteiger partial charge is 0.372 e. The molecule has 0 saturated carbocycles. The second kappa shape index (κ2) is 9.39. The van der Waals surface area contributed by atoms with Gasteiger partial charge in [0.2, 0.25) is 11.8 Å². The van der Waals surface area contributed by atoms with Crippen LogP contribution in [0.5, 0.6) is 0 Å². The standard InChI is InChI=1S/C24H33N3O4/c1-17-15-26(16-18(2)31-17)24(30)20-10-13-25(14-11-20)23(29)19-6-8-21(9-7-19)27-12-4-3-5-22(27)28/h6-9,17-18,20H,3-5,10-16H2,1-2H3. The Morgan fingerprint density at radius 3 is 2.16 bits per heavy atom. The van der Waals surface area contributed by atoms with Crippen molar-refractivity contribution >= 4 is 23.4 Å². The van der Waals surface area contributed by atoms with Gasteiger partial charge in [-0.3, -0.25) is 14.4 Å². The summed E-state index contributed by atoms with van der Waals surface area (Å²) in [4.78, 5) is 43.6. The highest BCUT2D eigenvalue weighted by Gasteiger charge is 2.33. The van der Waals surface area contributed by atoms with Crippen molar-refractivity contribution in [1.82, 2.24) is 9.80 Å². The first-order valence-corrected chi connectivity index (χ1v) is 11.6. The highest BCUT2D eigenvalue weighted by Crippen LogP contribution is 2.25. The smallest absolute Gasteiger partial charge is 0.253 e. The normalized spacial score (nSPS) is 25.6. The summed E-state index contributed by atoms with van der Waals surface area (Å²) < 4.78 is 5.74. The van der Waals surface area contributed by atoms with Crippen molar-refractivity contribution in [2.75, 3.05) is 37.6 Å². The van der Waals surface area contributed by atoms with Crippen LogP contribution in [0.3, 0.4) is 0 Å². The predicted octanol–water partition coefficient (Wildman–Crippen LogP) is 2.69. The molecule has 7 heteroatoms. The molecule has 3 aliphatic heterocycles. The summed E-state index contributed by atoms with van der Waals surface area (Å²) in [6.07, 6.45) is 4.10. The van der Waals surface area contributed by atoms with Gasteiger partial charge in [0, 0.05) is 56.3 Å². The van der Waals surface area contributed by atoms with E-state index >= 15 is 0 Å². The molecular formula is C24H33N3O4. The van der Waals surface area contributed by atoms with Gasteiger partial charge < -0.3 is 19.4 Å². The minimum absolute atomic E-state index is 0.00367. The SMILES string of the molecule is CC1CN(C(=O)C2CCN(C(=O)c3ccc(N4CCCCC4=O)cc3)CC2)CC(C)O1. The molecule has 4 rings (SSSR count). The Labute approximate surface area is 184 Å². The molecule has 3 aliphatic rings. The van der Waals surface area contributed by atoms with Crippen molar-refractivity contribution in [3.8, 4) is 0 Å². The summed E-state index contributed by atoms with van der Waals surface area (Å²) in [5.74, 6) is 0.329. The minimum Gasteiger partial charge on any atom is -0.372 e. The van der Waals surface area contributed by atoms with Crippen molar-refractivity contribution in [2.45, 2.75) is 58.2 Å². The average molecular weight is 428 g/mol. The van der Waals surface area contributed by atoms with Crippen LogP contribution >= 0.6 is 0 Å². The lowest BCUT2D eigenvalue weighted by Gasteiger charge is -2.39. The molecule has 31 heavy (non-hydrogen) atoms. The van der Waals surface area contributed by atoms with Gasteiger partial charge in [-0.05, 0) is 63.8 Å². The number of morpholine rings is 1. The van der Waals surface area contributed by atoms with E-state index in [9.17, 15) is 14.4 Å². The second-order valence-corrected chi connectivity index (χ2v) is 9.12. The van der Waals surface area contributed by atoms with Crippen LogP contribution < -0.4 is 4.90 Å². The van der Waals surface area contributed by atoms with Crippen molar-refractivity contribution in [2.24, 2.45) is 5.92 Å². The molecule has 0 radical (unpaired) electrons. The number of amides is 3. The number of rotatable bonds is 3.